The van der Waals surface area contributed by atoms with E-state index in [1.807, 2.05) is 5.32 Å². The minimum atomic E-state index is -2.09. The molecule has 2 unspecified atom stereocenters. The van der Waals surface area contributed by atoms with Crippen LogP contribution in [-0.4, -0.2) is 13.0 Å². The lowest BCUT2D eigenvalue weighted by atomic mass is 10.4. The molecule has 0 amide bonds. The Morgan fingerprint density at radius 2 is 2.00 bits per heavy atom. The van der Waals surface area contributed by atoms with E-state index in [9.17, 15) is 0 Å². The Labute approximate surface area is 40.8 Å². The summed E-state index contributed by atoms with van der Waals surface area (Å²) in [6, 6.07) is 0. The molecular formula is C4H9N. The first-order valence-electron chi connectivity index (χ1n) is 4.57. The van der Waals surface area contributed by atoms with Gasteiger partial charge in [0.2, 0.25) is 0 Å². The summed E-state index contributed by atoms with van der Waals surface area (Å²) in [4.78, 5) is 0. The molecule has 0 spiro atoms. The van der Waals surface area contributed by atoms with Gasteiger partial charge in [0.1, 0.15) is 0 Å². The van der Waals surface area contributed by atoms with Gasteiger partial charge in [-0.1, -0.05) is 0 Å². The third-order valence-corrected chi connectivity index (χ3v) is 0.394. The van der Waals surface area contributed by atoms with E-state index in [1.54, 1.807) is 0 Å². The monoisotopic (exact) mass is 77.1 g/mol. The molecule has 2 atom stereocenters. The fraction of sp³-hybridized carbons (Fsp3) is 1.00. The highest BCUT2D eigenvalue weighted by molar-refractivity contribution is 4.55. The molecule has 1 aliphatic heterocycles. The van der Waals surface area contributed by atoms with Crippen molar-refractivity contribution < 1.29 is 8.22 Å². The molecule has 0 aromatic rings. The summed E-state index contributed by atoms with van der Waals surface area (Å²) in [6.45, 7) is -4.17. The van der Waals surface area contributed by atoms with E-state index in [1.165, 1.54) is 0 Å². The number of rotatable bonds is 0. The molecule has 1 N–H and O–H groups in total. The van der Waals surface area contributed by atoms with Crippen molar-refractivity contribution in [1.82, 2.24) is 5.32 Å². The molecule has 0 aromatic heterocycles. The Balaban J connectivity index is 2.86. The molecular weight excluding hydrogens is 62.1 g/mol. The van der Waals surface area contributed by atoms with Crippen LogP contribution in [0.4, 0.5) is 0 Å². The van der Waals surface area contributed by atoms with E-state index in [-0.39, 0.29) is 0 Å². The van der Waals surface area contributed by atoms with Gasteiger partial charge in [-0.2, -0.15) is 0 Å². The Morgan fingerprint density at radius 3 is 2.20 bits per heavy atom. The largest absolute Gasteiger partial charge is 0.317 e. The molecule has 1 saturated heterocycles. The summed E-state index contributed by atoms with van der Waals surface area (Å²) in [5.74, 6) is 0. The van der Waals surface area contributed by atoms with Gasteiger partial charge in [0.05, 0.1) is 0 Å². The Kier molecular flexibility index (Phi) is 0.183. The van der Waals surface area contributed by atoms with Gasteiger partial charge < -0.3 is 5.32 Å². The van der Waals surface area contributed by atoms with Crippen LogP contribution in [-0.2, 0) is 0 Å². The van der Waals surface area contributed by atoms with E-state index in [4.69, 9.17) is 8.22 Å². The molecule has 1 rings (SSSR count). The highest BCUT2D eigenvalue weighted by Crippen LogP contribution is 1.90. The van der Waals surface area contributed by atoms with E-state index in [0.29, 0.717) is 0 Å². The van der Waals surface area contributed by atoms with E-state index in [2.05, 4.69) is 0 Å². The predicted molar refractivity (Wildman–Crippen MR) is 22.1 cm³/mol. The van der Waals surface area contributed by atoms with E-state index >= 15 is 0 Å². The lowest BCUT2D eigenvalue weighted by Crippen LogP contribution is -2.03. The summed E-state index contributed by atoms with van der Waals surface area (Å²) in [6.07, 6.45) is -2.73. The Bertz CT molecular complexity index is 150. The molecule has 0 aromatic carbocycles. The fourth-order valence-corrected chi connectivity index (χ4v) is 0.208. The van der Waals surface area contributed by atoms with Gasteiger partial charge in [0.15, 0.2) is 0 Å². The third-order valence-electron chi connectivity index (χ3n) is 0.394. The van der Waals surface area contributed by atoms with Crippen molar-refractivity contribution in [2.24, 2.45) is 0 Å². The minimum Gasteiger partial charge on any atom is -0.317 e. The van der Waals surface area contributed by atoms with Crippen molar-refractivity contribution in [2.75, 3.05) is 13.0 Å². The van der Waals surface area contributed by atoms with Crippen molar-refractivity contribution in [3.8, 4) is 0 Å². The van der Waals surface area contributed by atoms with Crippen molar-refractivity contribution in [2.45, 2.75) is 12.8 Å². The van der Waals surface area contributed by atoms with Gasteiger partial charge >= 0.3 is 0 Å². The maximum absolute atomic E-state index is 7.13. The molecule has 1 fully saturated rings. The molecule has 0 bridgehead atoms. The van der Waals surface area contributed by atoms with Crippen molar-refractivity contribution in [3.63, 3.8) is 0 Å². The molecule has 0 aliphatic carbocycles. The van der Waals surface area contributed by atoms with Crippen LogP contribution in [0, 0.1) is 0 Å². The minimum absolute atomic E-state index is 1.36. The molecule has 0 saturated carbocycles. The first kappa shape index (κ1) is 0.648. The maximum Gasteiger partial charge on any atom is 0.0428 e. The number of hydrogen-bond donors (Lipinski definition) is 1. The smallest absolute Gasteiger partial charge is 0.0428 e. The van der Waals surface area contributed by atoms with Crippen LogP contribution >= 0.6 is 0 Å². The van der Waals surface area contributed by atoms with Gasteiger partial charge in [-0.05, 0) is 25.8 Å². The molecule has 1 aliphatic rings. The second kappa shape index (κ2) is 1.41. The van der Waals surface area contributed by atoms with E-state index in [0.717, 1.165) is 0 Å². The van der Waals surface area contributed by atoms with Crippen molar-refractivity contribution >= 4 is 0 Å². The third kappa shape index (κ3) is 0.618. The zero-order valence-electron chi connectivity index (χ0n) is 8.65. The zero-order chi connectivity index (χ0) is 8.86. The summed E-state index contributed by atoms with van der Waals surface area (Å²) in [5, 5.41) is 1.96. The van der Waals surface area contributed by atoms with Crippen LogP contribution in [0.5, 0.6) is 0 Å². The first-order chi connectivity index (χ1) is 4.77. The van der Waals surface area contributed by atoms with Crippen LogP contribution in [0.1, 0.15) is 21.0 Å². The highest BCUT2D eigenvalue weighted by Gasteiger charge is 1.93. The normalized spacial score (nSPS) is 91.2. The topological polar surface area (TPSA) is 12.0 Å². The maximum atomic E-state index is 7.13. The molecule has 1 nitrogen and oxygen atoms in total. The van der Waals surface area contributed by atoms with Crippen LogP contribution in [0.3, 0.4) is 0 Å². The summed E-state index contributed by atoms with van der Waals surface area (Å²) in [5.41, 5.74) is 0. The van der Waals surface area contributed by atoms with Gasteiger partial charge in [0, 0.05) is 8.22 Å². The quantitative estimate of drug-likeness (QED) is 0.440. The van der Waals surface area contributed by atoms with Gasteiger partial charge in [-0.3, -0.25) is 0 Å². The van der Waals surface area contributed by atoms with Crippen LogP contribution < -0.4 is 5.32 Å². The standard InChI is InChI=1S/C4H9N/c1-2-4-5-3-1/h5H,1-4H2/i1D,2D,3D2,4D2. The predicted octanol–water partition coefficient (Wildman–Crippen LogP) is 0.370. The molecule has 0 radical (unpaired) electrons. The Hall–Kier alpha value is -0.0400. The molecule has 1 heterocycles. The fourth-order valence-electron chi connectivity index (χ4n) is 0.208. The first-order valence-corrected chi connectivity index (χ1v) is 1.41. The summed E-state index contributed by atoms with van der Waals surface area (Å²) < 4.78 is 42.6. The highest BCUT2D eigenvalue weighted by atomic mass is 14.9. The lowest BCUT2D eigenvalue weighted by Gasteiger charge is -1.76. The average molecular weight is 77.2 g/mol. The second-order valence-corrected chi connectivity index (χ2v) is 0.747. The number of hydrogen-bond acceptors (Lipinski definition) is 1. The van der Waals surface area contributed by atoms with Gasteiger partial charge in [-0.25, -0.2) is 0 Å². The van der Waals surface area contributed by atoms with Crippen LogP contribution in [0.15, 0.2) is 0 Å². The van der Waals surface area contributed by atoms with Crippen molar-refractivity contribution in [3.05, 3.63) is 0 Å². The lowest BCUT2D eigenvalue weighted by molar-refractivity contribution is 0.857. The van der Waals surface area contributed by atoms with Crippen molar-refractivity contribution in [1.29, 1.82) is 0 Å². The Morgan fingerprint density at radius 1 is 1.40 bits per heavy atom. The number of nitrogens with one attached hydrogen (secondary N) is 1. The van der Waals surface area contributed by atoms with Gasteiger partial charge in [0.25, 0.3) is 0 Å². The van der Waals surface area contributed by atoms with Crippen LogP contribution in [0.25, 0.3) is 0 Å². The zero-order valence-corrected chi connectivity index (χ0v) is 2.65. The summed E-state index contributed by atoms with van der Waals surface area (Å²) >= 11 is 0. The average Bonchev–Trinajstić information content (AvgIpc) is 1.91. The summed E-state index contributed by atoms with van der Waals surface area (Å²) in [7, 11) is 0. The molecule has 1 heteroatoms. The van der Waals surface area contributed by atoms with Crippen LogP contribution in [0.2, 0.25) is 0 Å². The van der Waals surface area contributed by atoms with Gasteiger partial charge in [-0.15, -0.1) is 0 Å². The van der Waals surface area contributed by atoms with E-state index < -0.39 is 25.8 Å². The SMILES string of the molecule is [2H]C1C([2H])C([2H])([2H])NC1([2H])[2H]. The second-order valence-electron chi connectivity index (χ2n) is 0.747. The molecule has 30 valence electrons. The molecule has 5 heavy (non-hydrogen) atoms.